The maximum Gasteiger partial charge on any atom is 0.273 e. The highest BCUT2D eigenvalue weighted by atomic mass is 16.5. The standard InChI is InChI=1S/C18H26N4O3/c1-5-13-8-12(6-7-25-13)17(23)19-9-14-10(2)15-16(20-11(14)3)22(4)21-18(15)24/h12-13H,5-9H2,1-4H3,(H,19,23)(H,21,24). The van der Waals surface area contributed by atoms with E-state index in [9.17, 15) is 9.59 Å². The zero-order valence-corrected chi connectivity index (χ0v) is 15.3. The molecule has 0 spiro atoms. The lowest BCUT2D eigenvalue weighted by atomic mass is 9.93. The van der Waals surface area contributed by atoms with Crippen LogP contribution in [0.2, 0.25) is 0 Å². The first kappa shape index (κ1) is 17.7. The SMILES string of the molecule is CCC1CC(C(=O)NCc2c(C)nc3c(c2C)c(=O)[nH]n3C)CCO1. The van der Waals surface area contributed by atoms with Crippen LogP contribution in [0.25, 0.3) is 11.0 Å². The van der Waals surface area contributed by atoms with Crippen molar-refractivity contribution in [2.75, 3.05) is 6.61 Å². The summed E-state index contributed by atoms with van der Waals surface area (Å²) in [5, 5.41) is 6.36. The molecule has 0 aliphatic carbocycles. The lowest BCUT2D eigenvalue weighted by Gasteiger charge is -2.28. The second kappa shape index (κ2) is 7.00. The van der Waals surface area contributed by atoms with Crippen LogP contribution in [-0.4, -0.2) is 33.4 Å². The number of amides is 1. The number of aromatic nitrogens is 3. The number of nitrogens with zero attached hydrogens (tertiary/aromatic N) is 2. The van der Waals surface area contributed by atoms with E-state index in [2.05, 4.69) is 22.3 Å². The number of aromatic amines is 1. The summed E-state index contributed by atoms with van der Waals surface area (Å²) >= 11 is 0. The van der Waals surface area contributed by atoms with Gasteiger partial charge in [-0.3, -0.25) is 19.4 Å². The monoisotopic (exact) mass is 346 g/mol. The first-order valence-corrected chi connectivity index (χ1v) is 8.86. The van der Waals surface area contributed by atoms with Crippen molar-refractivity contribution in [1.82, 2.24) is 20.1 Å². The number of fused-ring (bicyclic) bond motifs is 1. The molecule has 3 rings (SSSR count). The van der Waals surface area contributed by atoms with Crippen molar-refractivity contribution in [3.05, 3.63) is 27.2 Å². The molecule has 7 nitrogen and oxygen atoms in total. The number of H-pyrrole nitrogens is 1. The average Bonchev–Trinajstić information content (AvgIpc) is 2.88. The van der Waals surface area contributed by atoms with E-state index < -0.39 is 0 Å². The van der Waals surface area contributed by atoms with Gasteiger partial charge in [0.05, 0.1) is 11.5 Å². The van der Waals surface area contributed by atoms with E-state index in [0.717, 1.165) is 36.1 Å². The summed E-state index contributed by atoms with van der Waals surface area (Å²) in [4.78, 5) is 29.2. The van der Waals surface area contributed by atoms with Crippen LogP contribution in [0.15, 0.2) is 4.79 Å². The summed E-state index contributed by atoms with van der Waals surface area (Å²) in [5.74, 6) is 0.0544. The van der Waals surface area contributed by atoms with E-state index in [1.165, 1.54) is 0 Å². The summed E-state index contributed by atoms with van der Waals surface area (Å²) < 4.78 is 7.27. The molecular weight excluding hydrogens is 320 g/mol. The first-order chi connectivity index (χ1) is 11.9. The molecule has 2 atom stereocenters. The number of aryl methyl sites for hydroxylation is 3. The highest BCUT2D eigenvalue weighted by Crippen LogP contribution is 2.23. The Morgan fingerprint density at radius 2 is 2.20 bits per heavy atom. The second-order valence-corrected chi connectivity index (χ2v) is 6.84. The number of rotatable bonds is 4. The molecule has 2 N–H and O–H groups in total. The van der Waals surface area contributed by atoms with E-state index in [4.69, 9.17) is 4.74 Å². The molecule has 1 aliphatic heterocycles. The third-order valence-corrected chi connectivity index (χ3v) is 5.21. The molecule has 7 heteroatoms. The number of pyridine rings is 1. The summed E-state index contributed by atoms with van der Waals surface area (Å²) in [6.07, 6.45) is 2.64. The minimum absolute atomic E-state index is 0.00358. The molecule has 0 aromatic carbocycles. The summed E-state index contributed by atoms with van der Waals surface area (Å²) in [6.45, 7) is 6.93. The molecule has 0 saturated carbocycles. The van der Waals surface area contributed by atoms with Gasteiger partial charge in [-0.25, -0.2) is 4.98 Å². The molecule has 1 saturated heterocycles. The molecule has 2 aromatic rings. The number of nitrogens with one attached hydrogen (secondary N) is 2. The Bertz CT molecular complexity index is 852. The number of carbonyl (C=O) groups is 1. The van der Waals surface area contributed by atoms with Gasteiger partial charge in [0.2, 0.25) is 5.91 Å². The van der Waals surface area contributed by atoms with Crippen LogP contribution >= 0.6 is 0 Å². The van der Waals surface area contributed by atoms with Gasteiger partial charge in [0.25, 0.3) is 5.56 Å². The third kappa shape index (κ3) is 3.33. The molecular formula is C18H26N4O3. The Balaban J connectivity index is 1.78. The van der Waals surface area contributed by atoms with Crippen molar-refractivity contribution in [3.63, 3.8) is 0 Å². The highest BCUT2D eigenvalue weighted by Gasteiger charge is 2.27. The fourth-order valence-corrected chi connectivity index (χ4v) is 3.63. The van der Waals surface area contributed by atoms with Gasteiger partial charge in [-0.05, 0) is 44.2 Å². The summed E-state index contributed by atoms with van der Waals surface area (Å²) in [5.41, 5.74) is 3.12. The van der Waals surface area contributed by atoms with Gasteiger partial charge in [-0.1, -0.05) is 6.92 Å². The molecule has 25 heavy (non-hydrogen) atoms. The van der Waals surface area contributed by atoms with Crippen LogP contribution < -0.4 is 10.9 Å². The predicted molar refractivity (Wildman–Crippen MR) is 95.4 cm³/mol. The maximum atomic E-state index is 12.5. The van der Waals surface area contributed by atoms with E-state index in [-0.39, 0.29) is 23.5 Å². The van der Waals surface area contributed by atoms with Crippen molar-refractivity contribution < 1.29 is 9.53 Å². The molecule has 136 valence electrons. The molecule has 1 amide bonds. The summed E-state index contributed by atoms with van der Waals surface area (Å²) in [7, 11) is 1.77. The lowest BCUT2D eigenvalue weighted by Crippen LogP contribution is -2.37. The van der Waals surface area contributed by atoms with Gasteiger partial charge in [-0.15, -0.1) is 0 Å². The molecule has 1 aliphatic rings. The third-order valence-electron chi connectivity index (χ3n) is 5.21. The number of carbonyl (C=O) groups excluding carboxylic acids is 1. The zero-order chi connectivity index (χ0) is 18.1. The Hall–Kier alpha value is -2.15. The second-order valence-electron chi connectivity index (χ2n) is 6.84. The molecule has 0 bridgehead atoms. The van der Waals surface area contributed by atoms with Gasteiger partial charge < -0.3 is 10.1 Å². The fraction of sp³-hybridized carbons (Fsp3) is 0.611. The molecule has 3 heterocycles. The predicted octanol–water partition coefficient (Wildman–Crippen LogP) is 1.70. The van der Waals surface area contributed by atoms with Crippen LogP contribution in [-0.2, 0) is 23.1 Å². The minimum Gasteiger partial charge on any atom is -0.378 e. The van der Waals surface area contributed by atoms with Crippen molar-refractivity contribution >= 4 is 16.9 Å². The van der Waals surface area contributed by atoms with Crippen LogP contribution in [0, 0.1) is 19.8 Å². The maximum absolute atomic E-state index is 12.5. The van der Waals surface area contributed by atoms with Gasteiger partial charge in [0.1, 0.15) is 0 Å². The number of ether oxygens (including phenoxy) is 1. The fourth-order valence-electron chi connectivity index (χ4n) is 3.63. The normalized spacial score (nSPS) is 20.8. The van der Waals surface area contributed by atoms with E-state index in [1.54, 1.807) is 11.7 Å². The van der Waals surface area contributed by atoms with E-state index in [1.807, 2.05) is 13.8 Å². The van der Waals surface area contributed by atoms with Crippen LogP contribution in [0.5, 0.6) is 0 Å². The Morgan fingerprint density at radius 1 is 1.44 bits per heavy atom. The molecule has 1 fully saturated rings. The topological polar surface area (TPSA) is 89.0 Å². The Kier molecular flexibility index (Phi) is 4.94. The van der Waals surface area contributed by atoms with Crippen LogP contribution in [0.1, 0.15) is 43.0 Å². The van der Waals surface area contributed by atoms with Gasteiger partial charge in [-0.2, -0.15) is 0 Å². The van der Waals surface area contributed by atoms with E-state index in [0.29, 0.717) is 24.2 Å². The van der Waals surface area contributed by atoms with Crippen molar-refractivity contribution in [3.8, 4) is 0 Å². The van der Waals surface area contributed by atoms with E-state index >= 15 is 0 Å². The number of hydrogen-bond acceptors (Lipinski definition) is 4. The summed E-state index contributed by atoms with van der Waals surface area (Å²) in [6, 6.07) is 0. The smallest absolute Gasteiger partial charge is 0.273 e. The van der Waals surface area contributed by atoms with Crippen LogP contribution in [0.3, 0.4) is 0 Å². The van der Waals surface area contributed by atoms with Gasteiger partial charge in [0, 0.05) is 31.8 Å². The Morgan fingerprint density at radius 3 is 2.92 bits per heavy atom. The van der Waals surface area contributed by atoms with Crippen molar-refractivity contribution in [2.45, 2.75) is 52.7 Å². The molecule has 2 aromatic heterocycles. The van der Waals surface area contributed by atoms with Crippen molar-refractivity contribution in [1.29, 1.82) is 0 Å². The Labute approximate surface area is 146 Å². The van der Waals surface area contributed by atoms with Gasteiger partial charge in [0.15, 0.2) is 5.65 Å². The zero-order valence-electron chi connectivity index (χ0n) is 15.3. The molecule has 0 radical (unpaired) electrons. The lowest BCUT2D eigenvalue weighted by molar-refractivity contribution is -0.130. The van der Waals surface area contributed by atoms with Gasteiger partial charge >= 0.3 is 0 Å². The first-order valence-electron chi connectivity index (χ1n) is 8.86. The average molecular weight is 346 g/mol. The quantitative estimate of drug-likeness (QED) is 0.882. The molecule has 2 unspecified atom stereocenters. The largest absolute Gasteiger partial charge is 0.378 e. The van der Waals surface area contributed by atoms with Crippen molar-refractivity contribution in [2.24, 2.45) is 13.0 Å². The number of hydrogen-bond donors (Lipinski definition) is 2. The minimum atomic E-state index is -0.148. The highest BCUT2D eigenvalue weighted by molar-refractivity contribution is 5.81. The van der Waals surface area contributed by atoms with Crippen LogP contribution in [0.4, 0.5) is 0 Å².